The van der Waals surface area contributed by atoms with Crippen molar-refractivity contribution in [3.8, 4) is 0 Å². The van der Waals surface area contributed by atoms with Crippen molar-refractivity contribution in [2.75, 3.05) is 14.1 Å². The first kappa shape index (κ1) is 15.3. The van der Waals surface area contributed by atoms with Gasteiger partial charge in [0.05, 0.1) is 5.71 Å². The molecule has 0 radical (unpaired) electrons. The summed E-state index contributed by atoms with van der Waals surface area (Å²) in [5, 5.41) is 0. The molecule has 3 heteroatoms. The minimum Gasteiger partial charge on any atom is -0.292 e. The van der Waals surface area contributed by atoms with Gasteiger partial charge in [0, 0.05) is 43.3 Å². The van der Waals surface area contributed by atoms with Crippen LogP contribution in [-0.4, -0.2) is 30.5 Å². The maximum Gasteiger partial charge on any atom is 0.0719 e. The Morgan fingerprint density at radius 2 is 1.83 bits per heavy atom. The van der Waals surface area contributed by atoms with Gasteiger partial charge in [0.1, 0.15) is 0 Å². The van der Waals surface area contributed by atoms with Crippen molar-refractivity contribution >= 4 is 17.0 Å². The fourth-order valence-electron chi connectivity index (χ4n) is 3.22. The lowest BCUT2D eigenvalue weighted by Gasteiger charge is -2.12. The molecule has 0 bridgehead atoms. The maximum absolute atomic E-state index is 4.53. The van der Waals surface area contributed by atoms with Gasteiger partial charge >= 0.3 is 0 Å². The van der Waals surface area contributed by atoms with Crippen LogP contribution in [0.25, 0.3) is 5.57 Å². The van der Waals surface area contributed by atoms with Crippen molar-refractivity contribution in [1.29, 1.82) is 0 Å². The van der Waals surface area contributed by atoms with Crippen LogP contribution < -0.4 is 0 Å². The molecule has 1 heterocycles. The van der Waals surface area contributed by atoms with Crippen molar-refractivity contribution < 1.29 is 0 Å². The van der Waals surface area contributed by atoms with E-state index in [0.717, 1.165) is 29.7 Å². The Hall–Kier alpha value is -2.55. The topological polar surface area (TPSA) is 37.6 Å². The molecule has 1 aromatic heterocycles. The number of aromatic nitrogens is 1. The third-order valence-corrected chi connectivity index (χ3v) is 4.35. The number of allylic oxidation sites excluding steroid dienone is 2. The molecule has 3 nitrogen and oxygen atoms in total. The lowest BCUT2D eigenvalue weighted by atomic mass is 9.93. The van der Waals surface area contributed by atoms with Gasteiger partial charge in [-0.15, -0.1) is 0 Å². The van der Waals surface area contributed by atoms with Gasteiger partial charge in [-0.2, -0.15) is 0 Å². The Bertz CT molecular complexity index is 799. The van der Waals surface area contributed by atoms with Crippen molar-refractivity contribution in [2.24, 2.45) is 9.98 Å². The predicted molar refractivity (Wildman–Crippen MR) is 97.6 cm³/mol. The highest BCUT2D eigenvalue weighted by molar-refractivity contribution is 6.31. The smallest absolute Gasteiger partial charge is 0.0719 e. The molecule has 0 unspecified atom stereocenters. The summed E-state index contributed by atoms with van der Waals surface area (Å²) < 4.78 is 0. The third-order valence-electron chi connectivity index (χ3n) is 4.35. The van der Waals surface area contributed by atoms with Crippen molar-refractivity contribution in [2.45, 2.75) is 19.8 Å². The number of aliphatic imine (C=N–C) groups is 2. The summed E-state index contributed by atoms with van der Waals surface area (Å²) in [5.41, 5.74) is 8.35. The highest BCUT2D eigenvalue weighted by atomic mass is 14.7. The summed E-state index contributed by atoms with van der Waals surface area (Å²) in [6.07, 6.45) is 7.86. The number of pyridine rings is 1. The third kappa shape index (κ3) is 2.87. The monoisotopic (exact) mass is 303 g/mol. The molecule has 0 atom stereocenters. The lowest BCUT2D eigenvalue weighted by Crippen LogP contribution is -2.05. The molecule has 0 fully saturated rings. The van der Waals surface area contributed by atoms with Crippen LogP contribution in [0, 0.1) is 0 Å². The van der Waals surface area contributed by atoms with E-state index < -0.39 is 0 Å². The van der Waals surface area contributed by atoms with Gasteiger partial charge in [-0.05, 0) is 48.6 Å². The molecule has 0 aliphatic heterocycles. The van der Waals surface area contributed by atoms with Gasteiger partial charge in [-0.25, -0.2) is 0 Å². The zero-order valence-electron chi connectivity index (χ0n) is 13.9. The van der Waals surface area contributed by atoms with E-state index >= 15 is 0 Å². The number of benzene rings is 1. The van der Waals surface area contributed by atoms with Crippen LogP contribution in [0.15, 0.2) is 58.8 Å². The molecule has 0 spiro atoms. The number of hydrogen-bond donors (Lipinski definition) is 0. The van der Waals surface area contributed by atoms with Gasteiger partial charge < -0.3 is 0 Å². The zero-order valence-corrected chi connectivity index (χ0v) is 13.9. The average Bonchev–Trinajstić information content (AvgIpc) is 3.02. The molecule has 0 amide bonds. The van der Waals surface area contributed by atoms with E-state index in [-0.39, 0.29) is 0 Å². The Kier molecular flexibility index (Phi) is 4.47. The summed E-state index contributed by atoms with van der Waals surface area (Å²) >= 11 is 0. The van der Waals surface area contributed by atoms with E-state index in [1.165, 1.54) is 22.4 Å². The average molecular weight is 303 g/mol. The second kappa shape index (κ2) is 6.69. The minimum absolute atomic E-state index is 0.997. The molecule has 2 aromatic rings. The van der Waals surface area contributed by atoms with Gasteiger partial charge in [0.2, 0.25) is 0 Å². The standard InChI is InChI=1S/C20H21N3/c1-4-17(20(22-3)14-9-11-23-12-10-14)15-5-7-18-16(13-15)6-8-19(18)21-2/h4-5,7,9-13H,6,8H2,1-3H3/b17-4-,21-19+,22-20-. The molecule has 0 N–H and O–H groups in total. The van der Waals surface area contributed by atoms with Crippen LogP contribution in [-0.2, 0) is 6.42 Å². The van der Waals surface area contributed by atoms with E-state index in [4.69, 9.17) is 0 Å². The fraction of sp³-hybridized carbons (Fsp3) is 0.250. The highest BCUT2D eigenvalue weighted by Crippen LogP contribution is 2.28. The number of fused-ring (bicyclic) bond motifs is 1. The molecule has 0 saturated heterocycles. The van der Waals surface area contributed by atoms with Gasteiger partial charge in [0.25, 0.3) is 0 Å². The molecule has 1 aromatic carbocycles. The summed E-state index contributed by atoms with van der Waals surface area (Å²) in [6, 6.07) is 10.7. The van der Waals surface area contributed by atoms with Crippen LogP contribution in [0.4, 0.5) is 0 Å². The predicted octanol–water partition coefficient (Wildman–Crippen LogP) is 3.97. The molecular formula is C20H21N3. The van der Waals surface area contributed by atoms with Crippen LogP contribution in [0.2, 0.25) is 0 Å². The number of rotatable bonds is 3. The Labute approximate surface area is 137 Å². The lowest BCUT2D eigenvalue weighted by molar-refractivity contribution is 1.09. The second-order valence-electron chi connectivity index (χ2n) is 5.55. The number of aryl methyl sites for hydroxylation is 1. The van der Waals surface area contributed by atoms with E-state index in [2.05, 4.69) is 46.2 Å². The largest absolute Gasteiger partial charge is 0.292 e. The summed E-state index contributed by atoms with van der Waals surface area (Å²) in [6.45, 7) is 2.06. The molecule has 0 saturated carbocycles. The summed E-state index contributed by atoms with van der Waals surface area (Å²) in [5.74, 6) is 0. The first-order chi connectivity index (χ1) is 11.3. The van der Waals surface area contributed by atoms with E-state index in [9.17, 15) is 0 Å². The minimum atomic E-state index is 0.997. The molecule has 1 aliphatic carbocycles. The van der Waals surface area contributed by atoms with Crippen molar-refractivity contribution in [3.63, 3.8) is 0 Å². The first-order valence-electron chi connectivity index (χ1n) is 7.91. The Morgan fingerprint density at radius 3 is 2.48 bits per heavy atom. The van der Waals surface area contributed by atoms with Gasteiger partial charge in [-0.3, -0.25) is 15.0 Å². The molecule has 116 valence electrons. The Morgan fingerprint density at radius 1 is 1.04 bits per heavy atom. The van der Waals surface area contributed by atoms with Crippen LogP contribution in [0.1, 0.15) is 35.6 Å². The summed E-state index contributed by atoms with van der Waals surface area (Å²) in [4.78, 5) is 13.0. The quantitative estimate of drug-likeness (QED) is 0.791. The second-order valence-corrected chi connectivity index (χ2v) is 5.55. The fourth-order valence-corrected chi connectivity index (χ4v) is 3.22. The van der Waals surface area contributed by atoms with Crippen LogP contribution in [0.5, 0.6) is 0 Å². The van der Waals surface area contributed by atoms with E-state index in [0.29, 0.717) is 0 Å². The SMILES string of the molecule is C/C=C(\C(=N/C)c1ccncc1)c1ccc2c(c1)CC/C2=N\C. The normalized spacial score (nSPS) is 16.7. The Balaban J connectivity index is 2.03. The van der Waals surface area contributed by atoms with Gasteiger partial charge in [-0.1, -0.05) is 24.3 Å². The number of nitrogens with zero attached hydrogens (tertiary/aromatic N) is 3. The van der Waals surface area contributed by atoms with Crippen LogP contribution >= 0.6 is 0 Å². The molecule has 3 rings (SSSR count). The van der Waals surface area contributed by atoms with E-state index in [1.807, 2.05) is 26.2 Å². The molecule has 23 heavy (non-hydrogen) atoms. The molecule has 1 aliphatic rings. The van der Waals surface area contributed by atoms with Gasteiger partial charge in [0.15, 0.2) is 0 Å². The van der Waals surface area contributed by atoms with Crippen molar-refractivity contribution in [3.05, 3.63) is 71.1 Å². The maximum atomic E-state index is 4.53. The zero-order chi connectivity index (χ0) is 16.2. The first-order valence-corrected chi connectivity index (χ1v) is 7.91. The highest BCUT2D eigenvalue weighted by Gasteiger charge is 2.19. The van der Waals surface area contributed by atoms with Crippen LogP contribution in [0.3, 0.4) is 0 Å². The number of hydrogen-bond acceptors (Lipinski definition) is 3. The molecular weight excluding hydrogens is 282 g/mol. The summed E-state index contributed by atoms with van der Waals surface area (Å²) in [7, 11) is 3.72. The van der Waals surface area contributed by atoms with Crippen molar-refractivity contribution in [1.82, 2.24) is 4.98 Å². The van der Waals surface area contributed by atoms with E-state index in [1.54, 1.807) is 12.4 Å².